The van der Waals surface area contributed by atoms with Crippen LogP contribution in [0.15, 0.2) is 30.7 Å². The molecule has 1 unspecified atom stereocenters. The van der Waals surface area contributed by atoms with Gasteiger partial charge in [0.15, 0.2) is 5.65 Å². The molecule has 2 atom stereocenters. The summed E-state index contributed by atoms with van der Waals surface area (Å²) in [6, 6.07) is 4.65. The summed E-state index contributed by atoms with van der Waals surface area (Å²) >= 11 is 0. The third-order valence-electron chi connectivity index (χ3n) is 4.20. The molecule has 0 radical (unpaired) electrons. The van der Waals surface area contributed by atoms with Crippen molar-refractivity contribution in [3.8, 4) is 5.88 Å². The molecule has 3 aromatic rings. The number of anilines is 1. The number of amides is 1. The van der Waals surface area contributed by atoms with Crippen molar-refractivity contribution in [3.05, 3.63) is 42.1 Å². The normalized spacial score (nSPS) is 13.5. The van der Waals surface area contributed by atoms with Gasteiger partial charge in [-0.25, -0.2) is 24.1 Å². The van der Waals surface area contributed by atoms with Crippen LogP contribution in [-0.2, 0) is 4.74 Å². The molecule has 0 aliphatic carbocycles. The Bertz CT molecular complexity index is 1050. The Balaban J connectivity index is 1.66. The van der Waals surface area contributed by atoms with E-state index < -0.39 is 23.6 Å². The summed E-state index contributed by atoms with van der Waals surface area (Å²) in [6.45, 7) is 9.19. The molecule has 10 heteroatoms. The standard InChI is InChI=1S/C21H27FN6O3/c1-12(31-20(29)28-21(3,4)5)10-30-19-15(8-14(22)9-23-19)13(2)26-17-7-6-16-18(27-17)25-11-24-16/h6-9,11-13H,10H2,1-5H3,(H,28,29)(H2,24,25,26,27)/t12-,13?/m0/s1. The van der Waals surface area contributed by atoms with Crippen molar-refractivity contribution in [1.29, 1.82) is 0 Å². The molecule has 0 saturated heterocycles. The number of nitrogens with one attached hydrogen (secondary N) is 3. The molecule has 31 heavy (non-hydrogen) atoms. The molecular formula is C21H27FN6O3. The van der Waals surface area contributed by atoms with E-state index in [0.717, 1.165) is 11.7 Å². The number of H-pyrrole nitrogens is 1. The highest BCUT2D eigenvalue weighted by Gasteiger charge is 2.19. The van der Waals surface area contributed by atoms with Crippen molar-refractivity contribution in [2.75, 3.05) is 11.9 Å². The Labute approximate surface area is 179 Å². The number of carbonyl (C=O) groups is 1. The summed E-state index contributed by atoms with van der Waals surface area (Å²) in [5.41, 5.74) is 1.50. The molecule has 0 aliphatic rings. The lowest BCUT2D eigenvalue weighted by atomic mass is 10.1. The van der Waals surface area contributed by atoms with Gasteiger partial charge in [-0.15, -0.1) is 0 Å². The number of pyridine rings is 2. The van der Waals surface area contributed by atoms with Crippen LogP contribution in [-0.4, -0.2) is 44.3 Å². The first-order valence-electron chi connectivity index (χ1n) is 9.94. The van der Waals surface area contributed by atoms with Gasteiger partial charge in [0.1, 0.15) is 24.3 Å². The highest BCUT2D eigenvalue weighted by molar-refractivity contribution is 5.72. The molecule has 166 valence electrons. The Kier molecular flexibility index (Phi) is 6.57. The predicted octanol–water partition coefficient (Wildman–Crippen LogP) is 3.96. The molecular weight excluding hydrogens is 403 g/mol. The topological polar surface area (TPSA) is 114 Å². The first-order chi connectivity index (χ1) is 14.6. The van der Waals surface area contributed by atoms with Gasteiger partial charge in [0.05, 0.1) is 24.1 Å². The largest absolute Gasteiger partial charge is 0.473 e. The molecule has 1 amide bonds. The summed E-state index contributed by atoms with van der Waals surface area (Å²) in [6.07, 6.45) is 1.58. The molecule has 3 heterocycles. The lowest BCUT2D eigenvalue weighted by Gasteiger charge is -2.23. The maximum absolute atomic E-state index is 13.9. The van der Waals surface area contributed by atoms with Crippen LogP contribution >= 0.6 is 0 Å². The van der Waals surface area contributed by atoms with Crippen molar-refractivity contribution in [1.82, 2.24) is 25.3 Å². The van der Waals surface area contributed by atoms with Crippen LogP contribution < -0.4 is 15.4 Å². The second kappa shape index (κ2) is 9.15. The fourth-order valence-corrected chi connectivity index (χ4v) is 2.82. The van der Waals surface area contributed by atoms with Crippen LogP contribution in [0.5, 0.6) is 5.88 Å². The number of carbonyl (C=O) groups excluding carboxylic acids is 1. The van der Waals surface area contributed by atoms with E-state index in [1.807, 2.05) is 33.8 Å². The number of aromatic nitrogens is 4. The summed E-state index contributed by atoms with van der Waals surface area (Å²) in [5.74, 6) is 0.340. The van der Waals surface area contributed by atoms with E-state index in [4.69, 9.17) is 9.47 Å². The quantitative estimate of drug-likeness (QED) is 0.520. The van der Waals surface area contributed by atoms with Crippen LogP contribution in [0.25, 0.3) is 11.2 Å². The monoisotopic (exact) mass is 430 g/mol. The fraction of sp³-hybridized carbons (Fsp3) is 0.429. The number of aromatic amines is 1. The van der Waals surface area contributed by atoms with Crippen LogP contribution in [0.2, 0.25) is 0 Å². The van der Waals surface area contributed by atoms with E-state index in [9.17, 15) is 9.18 Å². The summed E-state index contributed by atoms with van der Waals surface area (Å²) < 4.78 is 24.9. The van der Waals surface area contributed by atoms with Gasteiger partial charge >= 0.3 is 6.09 Å². The van der Waals surface area contributed by atoms with Crippen molar-refractivity contribution in [2.24, 2.45) is 0 Å². The van der Waals surface area contributed by atoms with E-state index in [1.54, 1.807) is 19.3 Å². The molecule has 3 N–H and O–H groups in total. The van der Waals surface area contributed by atoms with Gasteiger partial charge in [0.25, 0.3) is 0 Å². The minimum absolute atomic E-state index is 0.0629. The number of rotatable bonds is 7. The van der Waals surface area contributed by atoms with Gasteiger partial charge in [-0.2, -0.15) is 0 Å². The number of ether oxygens (including phenoxy) is 2. The van der Waals surface area contributed by atoms with Gasteiger partial charge in [-0.1, -0.05) is 0 Å². The summed E-state index contributed by atoms with van der Waals surface area (Å²) in [7, 11) is 0. The Morgan fingerprint density at radius 1 is 1.26 bits per heavy atom. The van der Waals surface area contributed by atoms with Crippen molar-refractivity contribution < 1.29 is 18.7 Å². The average Bonchev–Trinajstić information content (AvgIpc) is 3.13. The first-order valence-corrected chi connectivity index (χ1v) is 9.94. The zero-order chi connectivity index (χ0) is 22.6. The van der Waals surface area contributed by atoms with Gasteiger partial charge < -0.3 is 25.1 Å². The second-order valence-corrected chi connectivity index (χ2v) is 8.29. The summed E-state index contributed by atoms with van der Waals surface area (Å²) in [4.78, 5) is 27.5. The van der Waals surface area contributed by atoms with E-state index in [2.05, 4.69) is 30.6 Å². The first kappa shape index (κ1) is 22.3. The van der Waals surface area contributed by atoms with Crippen molar-refractivity contribution in [3.63, 3.8) is 0 Å². The molecule has 0 saturated carbocycles. The minimum Gasteiger partial charge on any atom is -0.473 e. The van der Waals surface area contributed by atoms with Crippen LogP contribution in [0.4, 0.5) is 15.0 Å². The molecule has 9 nitrogen and oxygen atoms in total. The lowest BCUT2D eigenvalue weighted by Crippen LogP contribution is -2.42. The number of hydrogen-bond acceptors (Lipinski definition) is 7. The number of fused-ring (bicyclic) bond motifs is 1. The molecule has 0 fully saturated rings. The van der Waals surface area contributed by atoms with E-state index in [0.29, 0.717) is 17.0 Å². The zero-order valence-electron chi connectivity index (χ0n) is 18.2. The second-order valence-electron chi connectivity index (χ2n) is 8.29. The Morgan fingerprint density at radius 2 is 2.03 bits per heavy atom. The third-order valence-corrected chi connectivity index (χ3v) is 4.20. The molecule has 0 bridgehead atoms. The summed E-state index contributed by atoms with van der Waals surface area (Å²) in [5, 5.41) is 5.92. The smallest absolute Gasteiger partial charge is 0.407 e. The number of hydrogen-bond donors (Lipinski definition) is 3. The van der Waals surface area contributed by atoms with E-state index >= 15 is 0 Å². The number of nitrogens with zero attached hydrogens (tertiary/aromatic N) is 3. The maximum atomic E-state index is 13.9. The Morgan fingerprint density at radius 3 is 2.77 bits per heavy atom. The number of alkyl carbamates (subject to hydrolysis) is 1. The van der Waals surface area contributed by atoms with E-state index in [-0.39, 0.29) is 18.5 Å². The van der Waals surface area contributed by atoms with Gasteiger partial charge in [-0.05, 0) is 52.8 Å². The van der Waals surface area contributed by atoms with Crippen LogP contribution in [0.3, 0.4) is 0 Å². The van der Waals surface area contributed by atoms with Crippen LogP contribution in [0, 0.1) is 5.82 Å². The van der Waals surface area contributed by atoms with Gasteiger partial charge in [0.2, 0.25) is 5.88 Å². The van der Waals surface area contributed by atoms with E-state index in [1.165, 1.54) is 6.07 Å². The highest BCUT2D eigenvalue weighted by atomic mass is 19.1. The SMILES string of the molecule is CC(Nc1ccc2[nH]cnc2n1)c1cc(F)cnc1OC[C@H](C)OC(=O)NC(C)(C)C. The molecule has 0 aliphatic heterocycles. The van der Waals surface area contributed by atoms with Gasteiger partial charge in [0, 0.05) is 11.1 Å². The minimum atomic E-state index is -0.536. The predicted molar refractivity (Wildman–Crippen MR) is 114 cm³/mol. The number of imidazole rings is 1. The molecule has 3 aromatic heterocycles. The van der Waals surface area contributed by atoms with Crippen LogP contribution in [0.1, 0.15) is 46.2 Å². The maximum Gasteiger partial charge on any atom is 0.407 e. The van der Waals surface area contributed by atoms with Crippen molar-refractivity contribution in [2.45, 2.75) is 52.3 Å². The third kappa shape index (κ3) is 6.27. The lowest BCUT2D eigenvalue weighted by molar-refractivity contribution is 0.0690. The zero-order valence-corrected chi connectivity index (χ0v) is 18.2. The van der Waals surface area contributed by atoms with Gasteiger partial charge in [-0.3, -0.25) is 0 Å². The van der Waals surface area contributed by atoms with Crippen molar-refractivity contribution >= 4 is 23.1 Å². The fourth-order valence-electron chi connectivity index (χ4n) is 2.82. The Hall–Kier alpha value is -3.43. The molecule has 0 aromatic carbocycles. The highest BCUT2D eigenvalue weighted by Crippen LogP contribution is 2.27. The molecule has 0 spiro atoms. The number of halogens is 1. The molecule has 3 rings (SSSR count). The average molecular weight is 430 g/mol.